The van der Waals surface area contributed by atoms with Gasteiger partial charge < -0.3 is 9.47 Å². The molecule has 2 heterocycles. The highest BCUT2D eigenvalue weighted by Crippen LogP contribution is 2.18. The second-order valence-corrected chi connectivity index (χ2v) is 6.65. The predicted molar refractivity (Wildman–Crippen MR) is 56.6 cm³/mol. The molecule has 0 aromatic rings. The lowest BCUT2D eigenvalue weighted by Gasteiger charge is -2.02. The Balaban J connectivity index is 1.54. The SMILES string of the molecule is O=S(=O)(CCCC1CO1)CCCC1CO1. The summed E-state index contributed by atoms with van der Waals surface area (Å²) < 4.78 is 33.2. The summed E-state index contributed by atoms with van der Waals surface area (Å²) in [6.07, 6.45) is 3.97. The normalized spacial score (nSPS) is 29.1. The number of epoxide rings is 2. The Kier molecular flexibility index (Phi) is 3.64. The van der Waals surface area contributed by atoms with Crippen LogP contribution in [0, 0.1) is 0 Å². The molecule has 2 atom stereocenters. The van der Waals surface area contributed by atoms with Crippen LogP contribution in [0.3, 0.4) is 0 Å². The van der Waals surface area contributed by atoms with E-state index in [1.165, 1.54) is 0 Å². The molecule has 0 N–H and O–H groups in total. The molecular weight excluding hydrogens is 216 g/mol. The average molecular weight is 234 g/mol. The van der Waals surface area contributed by atoms with Gasteiger partial charge in [0.05, 0.1) is 36.9 Å². The van der Waals surface area contributed by atoms with E-state index in [1.807, 2.05) is 0 Å². The van der Waals surface area contributed by atoms with Gasteiger partial charge in [0.25, 0.3) is 0 Å². The summed E-state index contributed by atoms with van der Waals surface area (Å²) in [6.45, 7) is 1.64. The van der Waals surface area contributed by atoms with Crippen LogP contribution in [-0.4, -0.2) is 45.3 Å². The molecule has 2 aliphatic rings. The molecule has 0 aliphatic carbocycles. The largest absolute Gasteiger partial charge is 0.373 e. The molecule has 0 amide bonds. The standard InChI is InChI=1S/C10H18O4S/c11-15(12,5-1-3-9-7-13-9)6-2-4-10-8-14-10/h9-10H,1-8H2. The summed E-state index contributed by atoms with van der Waals surface area (Å²) in [4.78, 5) is 0. The molecule has 0 bridgehead atoms. The fraction of sp³-hybridized carbons (Fsp3) is 1.00. The first-order chi connectivity index (χ1) is 7.16. The Labute approximate surface area is 90.9 Å². The van der Waals surface area contributed by atoms with Crippen molar-refractivity contribution in [1.82, 2.24) is 0 Å². The van der Waals surface area contributed by atoms with Gasteiger partial charge >= 0.3 is 0 Å². The van der Waals surface area contributed by atoms with Gasteiger partial charge in [-0.1, -0.05) is 0 Å². The molecule has 2 aliphatic heterocycles. The van der Waals surface area contributed by atoms with Crippen molar-refractivity contribution >= 4 is 9.84 Å². The highest BCUT2D eigenvalue weighted by Gasteiger charge is 2.24. The molecular formula is C10H18O4S. The summed E-state index contributed by atoms with van der Waals surface area (Å²) in [6, 6.07) is 0. The summed E-state index contributed by atoms with van der Waals surface area (Å²) in [5.74, 6) is 0.636. The van der Waals surface area contributed by atoms with Crippen molar-refractivity contribution in [1.29, 1.82) is 0 Å². The highest BCUT2D eigenvalue weighted by atomic mass is 32.2. The number of sulfone groups is 1. The minimum Gasteiger partial charge on any atom is -0.373 e. The Bertz CT molecular complexity index is 267. The average Bonchev–Trinajstić information content (AvgIpc) is 2.97. The number of hydrogen-bond acceptors (Lipinski definition) is 4. The van der Waals surface area contributed by atoms with Gasteiger partial charge in [-0.3, -0.25) is 0 Å². The van der Waals surface area contributed by atoms with Gasteiger partial charge in [-0.15, -0.1) is 0 Å². The zero-order valence-electron chi connectivity index (χ0n) is 8.85. The Morgan fingerprint density at radius 3 is 1.67 bits per heavy atom. The van der Waals surface area contributed by atoms with Crippen LogP contribution in [0.2, 0.25) is 0 Å². The monoisotopic (exact) mass is 234 g/mol. The maximum atomic E-state index is 11.6. The van der Waals surface area contributed by atoms with Gasteiger partial charge in [-0.05, 0) is 25.7 Å². The zero-order chi connectivity index (χ0) is 10.7. The van der Waals surface area contributed by atoms with Crippen molar-refractivity contribution in [3.8, 4) is 0 Å². The first-order valence-electron chi connectivity index (χ1n) is 5.59. The number of ether oxygens (including phenoxy) is 2. The topological polar surface area (TPSA) is 59.2 Å². The van der Waals surface area contributed by atoms with Crippen LogP contribution in [0.15, 0.2) is 0 Å². The lowest BCUT2D eigenvalue weighted by molar-refractivity contribution is 0.394. The molecule has 0 saturated carbocycles. The van der Waals surface area contributed by atoms with Crippen LogP contribution >= 0.6 is 0 Å². The first kappa shape index (κ1) is 11.4. The minimum atomic E-state index is -2.83. The van der Waals surface area contributed by atoms with Crippen LogP contribution in [0.4, 0.5) is 0 Å². The molecule has 5 heteroatoms. The fourth-order valence-electron chi connectivity index (χ4n) is 1.63. The molecule has 2 saturated heterocycles. The summed E-state index contributed by atoms with van der Waals surface area (Å²) in [5, 5.41) is 0. The molecule has 0 radical (unpaired) electrons. The lowest BCUT2D eigenvalue weighted by Crippen LogP contribution is -2.12. The van der Waals surface area contributed by atoms with Crippen LogP contribution in [0.5, 0.6) is 0 Å². The smallest absolute Gasteiger partial charge is 0.150 e. The molecule has 2 fully saturated rings. The Morgan fingerprint density at radius 1 is 0.933 bits per heavy atom. The van der Waals surface area contributed by atoms with Gasteiger partial charge in [0.2, 0.25) is 0 Å². The number of rotatable bonds is 8. The third-order valence-electron chi connectivity index (χ3n) is 2.77. The maximum Gasteiger partial charge on any atom is 0.150 e. The molecule has 0 spiro atoms. The molecule has 0 aromatic heterocycles. The van der Waals surface area contributed by atoms with Crippen molar-refractivity contribution in [2.24, 2.45) is 0 Å². The van der Waals surface area contributed by atoms with Crippen molar-refractivity contribution in [2.45, 2.75) is 37.9 Å². The van der Waals surface area contributed by atoms with Crippen molar-refractivity contribution in [2.75, 3.05) is 24.7 Å². The van der Waals surface area contributed by atoms with E-state index in [2.05, 4.69) is 0 Å². The van der Waals surface area contributed by atoms with E-state index in [1.54, 1.807) is 0 Å². The van der Waals surface area contributed by atoms with Gasteiger partial charge in [0.15, 0.2) is 0 Å². The quantitative estimate of drug-likeness (QED) is 0.582. The zero-order valence-corrected chi connectivity index (χ0v) is 9.67. The second kappa shape index (κ2) is 4.80. The summed E-state index contributed by atoms with van der Waals surface area (Å²) in [5.41, 5.74) is 0. The van der Waals surface area contributed by atoms with Crippen LogP contribution in [-0.2, 0) is 19.3 Å². The van der Waals surface area contributed by atoms with E-state index < -0.39 is 9.84 Å². The predicted octanol–water partition coefficient (Wildman–Crippen LogP) is 0.759. The van der Waals surface area contributed by atoms with Crippen LogP contribution in [0.25, 0.3) is 0 Å². The first-order valence-corrected chi connectivity index (χ1v) is 7.41. The van der Waals surface area contributed by atoms with Crippen molar-refractivity contribution in [3.63, 3.8) is 0 Å². The summed E-state index contributed by atoms with van der Waals surface area (Å²) >= 11 is 0. The molecule has 88 valence electrons. The Morgan fingerprint density at radius 2 is 1.33 bits per heavy atom. The van der Waals surface area contributed by atoms with E-state index >= 15 is 0 Å². The molecule has 4 nitrogen and oxygen atoms in total. The van der Waals surface area contributed by atoms with Crippen LogP contribution in [0.1, 0.15) is 25.7 Å². The minimum absolute atomic E-state index is 0.318. The molecule has 0 aromatic carbocycles. The fourth-order valence-corrected chi connectivity index (χ4v) is 3.05. The molecule has 2 unspecified atom stereocenters. The van der Waals surface area contributed by atoms with E-state index in [0.29, 0.717) is 23.7 Å². The van der Waals surface area contributed by atoms with Gasteiger partial charge in [-0.2, -0.15) is 0 Å². The third kappa shape index (κ3) is 4.95. The van der Waals surface area contributed by atoms with Crippen LogP contribution < -0.4 is 0 Å². The molecule has 15 heavy (non-hydrogen) atoms. The van der Waals surface area contributed by atoms with E-state index in [4.69, 9.17) is 9.47 Å². The second-order valence-electron chi connectivity index (χ2n) is 4.35. The molecule has 2 rings (SSSR count). The summed E-state index contributed by atoms with van der Waals surface area (Å²) in [7, 11) is -2.83. The van der Waals surface area contributed by atoms with E-state index in [-0.39, 0.29) is 0 Å². The maximum absolute atomic E-state index is 11.6. The lowest BCUT2D eigenvalue weighted by atomic mass is 10.3. The van der Waals surface area contributed by atoms with Gasteiger partial charge in [0.1, 0.15) is 9.84 Å². The van der Waals surface area contributed by atoms with Crippen molar-refractivity contribution < 1.29 is 17.9 Å². The Hall–Kier alpha value is -0.130. The third-order valence-corrected chi connectivity index (χ3v) is 4.59. The number of hydrogen-bond donors (Lipinski definition) is 0. The van der Waals surface area contributed by atoms with Crippen molar-refractivity contribution in [3.05, 3.63) is 0 Å². The van der Waals surface area contributed by atoms with Gasteiger partial charge in [-0.25, -0.2) is 8.42 Å². The van der Waals surface area contributed by atoms with Gasteiger partial charge in [0, 0.05) is 0 Å². The highest BCUT2D eigenvalue weighted by molar-refractivity contribution is 7.91. The van der Waals surface area contributed by atoms with E-state index in [9.17, 15) is 8.42 Å². The van der Waals surface area contributed by atoms with E-state index in [0.717, 1.165) is 38.9 Å².